The summed E-state index contributed by atoms with van der Waals surface area (Å²) in [5, 5.41) is 17.1. The van der Waals surface area contributed by atoms with Gasteiger partial charge in [0, 0.05) is 4.75 Å². The summed E-state index contributed by atoms with van der Waals surface area (Å²) in [7, 11) is 0. The molecule has 0 aromatic carbocycles. The molecule has 2 aliphatic heterocycles. The molecule has 0 spiro atoms. The molecule has 7 nitrogen and oxygen atoms in total. The van der Waals surface area contributed by atoms with Crippen molar-refractivity contribution in [3.05, 3.63) is 5.69 Å². The van der Waals surface area contributed by atoms with Gasteiger partial charge < -0.3 is 19.8 Å². The number of nitrogens with one attached hydrogen (secondary N) is 1. The van der Waals surface area contributed by atoms with Crippen molar-refractivity contribution in [2.45, 2.75) is 54.5 Å². The van der Waals surface area contributed by atoms with Crippen LogP contribution in [-0.2, 0) is 9.59 Å². The average molecular weight is 357 g/mol. The number of β-lactam (4-membered cyclic amide) rings is 1. The van der Waals surface area contributed by atoms with Crippen molar-refractivity contribution in [1.82, 2.24) is 10.1 Å². The minimum Gasteiger partial charge on any atom is -0.480 e. The third kappa shape index (κ3) is 2.16. The van der Waals surface area contributed by atoms with Gasteiger partial charge in [-0.3, -0.25) is 4.79 Å². The lowest BCUT2D eigenvalue weighted by molar-refractivity contribution is -0.163. The Bertz CT molecular complexity index is 690. The van der Waals surface area contributed by atoms with Gasteiger partial charge in [-0.05, 0) is 34.0 Å². The predicted molar refractivity (Wildman–Crippen MR) is 88.8 cm³/mol. The number of anilines is 1. The van der Waals surface area contributed by atoms with Gasteiger partial charge in [0.2, 0.25) is 5.09 Å². The van der Waals surface area contributed by atoms with Gasteiger partial charge in [0.25, 0.3) is 5.91 Å². The van der Waals surface area contributed by atoms with Crippen molar-refractivity contribution < 1.29 is 19.2 Å². The number of aryl methyl sites for hydroxylation is 1. The molecule has 2 aliphatic rings. The summed E-state index contributed by atoms with van der Waals surface area (Å²) >= 11 is 2.92. The Labute approximate surface area is 142 Å². The van der Waals surface area contributed by atoms with Crippen LogP contribution < -0.4 is 5.32 Å². The molecule has 3 rings (SSSR count). The zero-order chi connectivity index (χ0) is 17.2. The zero-order valence-electron chi connectivity index (χ0n) is 13.5. The summed E-state index contributed by atoms with van der Waals surface area (Å²) in [5.41, 5.74) is 0.511. The van der Waals surface area contributed by atoms with Gasteiger partial charge in [-0.1, -0.05) is 16.9 Å². The minimum atomic E-state index is -0.966. The fourth-order valence-electron chi connectivity index (χ4n) is 3.23. The Balaban J connectivity index is 1.92. The molecule has 2 saturated heterocycles. The minimum absolute atomic E-state index is 0.208. The van der Waals surface area contributed by atoms with Crippen LogP contribution in [0, 0.1) is 6.92 Å². The number of nitrogens with zero attached hydrogens (tertiary/aromatic N) is 2. The lowest BCUT2D eigenvalue weighted by atomic mass is 9.86. The fraction of sp³-hybridized carbons (Fsp3) is 0.643. The van der Waals surface area contributed by atoms with E-state index in [-0.39, 0.29) is 11.3 Å². The molecule has 1 aromatic rings. The van der Waals surface area contributed by atoms with Crippen molar-refractivity contribution >= 4 is 41.1 Å². The van der Waals surface area contributed by atoms with E-state index in [4.69, 9.17) is 4.52 Å². The number of carbonyl (C=O) groups is 2. The van der Waals surface area contributed by atoms with E-state index in [1.165, 1.54) is 28.4 Å². The van der Waals surface area contributed by atoms with E-state index in [1.807, 2.05) is 27.0 Å². The Morgan fingerprint density at radius 1 is 1.48 bits per heavy atom. The topological polar surface area (TPSA) is 95.7 Å². The summed E-state index contributed by atoms with van der Waals surface area (Å²) < 4.78 is 4.69. The normalized spacial score (nSPS) is 31.7. The predicted octanol–water partition coefficient (Wildman–Crippen LogP) is 2.02. The molecule has 126 valence electrons. The molecule has 0 saturated carbocycles. The maximum atomic E-state index is 12.7. The second kappa shape index (κ2) is 5.07. The second-order valence-corrected chi connectivity index (χ2v) is 9.00. The number of aliphatic carboxylic acids is 1. The highest BCUT2D eigenvalue weighted by Gasteiger charge is 2.69. The number of hydrogen-bond acceptors (Lipinski definition) is 7. The van der Waals surface area contributed by atoms with Crippen LogP contribution >= 0.6 is 23.5 Å². The van der Waals surface area contributed by atoms with Gasteiger partial charge in [-0.15, -0.1) is 11.8 Å². The number of carbonyl (C=O) groups excluding carboxylic acids is 1. The van der Waals surface area contributed by atoms with Crippen molar-refractivity contribution in [3.63, 3.8) is 0 Å². The number of thioether (sulfide) groups is 2. The van der Waals surface area contributed by atoms with Crippen LogP contribution in [0.2, 0.25) is 0 Å². The number of carboxylic acid groups (broad SMARTS) is 1. The molecule has 0 unspecified atom stereocenters. The molecule has 1 amide bonds. The van der Waals surface area contributed by atoms with Crippen LogP contribution in [0.15, 0.2) is 9.62 Å². The van der Waals surface area contributed by atoms with Crippen molar-refractivity contribution in [2.75, 3.05) is 11.6 Å². The largest absolute Gasteiger partial charge is 0.480 e. The molecule has 23 heavy (non-hydrogen) atoms. The number of hydrogen-bond donors (Lipinski definition) is 2. The Kier molecular flexibility index (Phi) is 3.64. The zero-order valence-corrected chi connectivity index (χ0v) is 15.2. The van der Waals surface area contributed by atoms with Crippen LogP contribution in [0.4, 0.5) is 5.69 Å². The van der Waals surface area contributed by atoms with Crippen LogP contribution in [0.25, 0.3) is 0 Å². The van der Waals surface area contributed by atoms with Crippen LogP contribution in [0.5, 0.6) is 0 Å². The fourth-order valence-corrected chi connectivity index (χ4v) is 5.39. The lowest BCUT2D eigenvalue weighted by Crippen LogP contribution is -2.75. The Morgan fingerprint density at radius 3 is 2.70 bits per heavy atom. The average Bonchev–Trinajstić information content (AvgIpc) is 2.95. The number of fused-ring (bicyclic) bond motifs is 1. The molecule has 0 radical (unpaired) electrons. The smallest absolute Gasteiger partial charge is 0.327 e. The highest BCUT2D eigenvalue weighted by atomic mass is 32.2. The van der Waals surface area contributed by atoms with Gasteiger partial charge in [0.1, 0.15) is 28.3 Å². The van der Waals surface area contributed by atoms with E-state index >= 15 is 0 Å². The first kappa shape index (κ1) is 16.5. The molecular formula is C14H19N3O4S2. The van der Waals surface area contributed by atoms with Crippen LogP contribution in [0.3, 0.4) is 0 Å². The molecule has 0 bridgehead atoms. The van der Waals surface area contributed by atoms with E-state index < -0.39 is 22.3 Å². The number of carboxylic acids is 1. The van der Waals surface area contributed by atoms with Crippen molar-refractivity contribution in [1.29, 1.82) is 0 Å². The van der Waals surface area contributed by atoms with E-state index in [0.717, 1.165) is 0 Å². The third-order valence-corrected chi connectivity index (χ3v) is 6.81. The molecule has 1 aromatic heterocycles. The summed E-state index contributed by atoms with van der Waals surface area (Å²) in [6.45, 7) is 7.34. The first-order chi connectivity index (χ1) is 10.6. The quantitative estimate of drug-likeness (QED) is 0.624. The van der Waals surface area contributed by atoms with E-state index in [2.05, 4.69) is 10.5 Å². The second-order valence-electron chi connectivity index (χ2n) is 6.49. The summed E-state index contributed by atoms with van der Waals surface area (Å²) in [5.74, 6) is -1.17. The van der Waals surface area contributed by atoms with E-state index in [1.54, 1.807) is 6.92 Å². The number of rotatable bonds is 4. The Morgan fingerprint density at radius 2 is 2.13 bits per heavy atom. The molecule has 3 heterocycles. The van der Waals surface area contributed by atoms with E-state index in [9.17, 15) is 14.7 Å². The molecule has 2 fully saturated rings. The highest BCUT2D eigenvalue weighted by Crippen LogP contribution is 2.55. The molecule has 2 N–H and O–H groups in total. The first-order valence-corrected chi connectivity index (χ1v) is 9.25. The van der Waals surface area contributed by atoms with Gasteiger partial charge >= 0.3 is 5.97 Å². The number of amides is 1. The highest BCUT2D eigenvalue weighted by molar-refractivity contribution is 8.01. The number of aromatic nitrogens is 1. The maximum absolute atomic E-state index is 12.7. The molecule has 9 heteroatoms. The lowest BCUT2D eigenvalue weighted by Gasteiger charge is -2.51. The first-order valence-electron chi connectivity index (χ1n) is 7.15. The Hall–Kier alpha value is -1.35. The van der Waals surface area contributed by atoms with Crippen LogP contribution in [-0.4, -0.2) is 55.0 Å². The monoisotopic (exact) mass is 357 g/mol. The standard InChI is InChI=1S/C14H19N3O4S2/c1-6-7(10(22-5)21-16-6)15-14(4)11(20)17-8(9(18)19)13(2,3)23-12(14)17/h8,12,15H,1-5H3,(H,18,19)/t8-,12+,14-/m0/s1. The molecular weight excluding hydrogens is 338 g/mol. The SMILES string of the molecule is CSc1onc(C)c1N[C@@]1(C)C(=O)N2[C@@H](C(=O)O)C(C)(C)S[C@@H]21. The summed E-state index contributed by atoms with van der Waals surface area (Å²) in [6, 6.07) is -0.816. The molecule has 3 atom stereocenters. The van der Waals surface area contributed by atoms with E-state index in [0.29, 0.717) is 16.5 Å². The van der Waals surface area contributed by atoms with Gasteiger partial charge in [-0.25, -0.2) is 4.79 Å². The van der Waals surface area contributed by atoms with Crippen LogP contribution in [0.1, 0.15) is 26.5 Å². The maximum Gasteiger partial charge on any atom is 0.327 e. The third-order valence-electron chi connectivity index (χ3n) is 4.41. The van der Waals surface area contributed by atoms with Gasteiger partial charge in [0.05, 0.1) is 0 Å². The van der Waals surface area contributed by atoms with Gasteiger partial charge in [0.15, 0.2) is 0 Å². The summed E-state index contributed by atoms with van der Waals surface area (Å²) in [6.07, 6.45) is 1.87. The van der Waals surface area contributed by atoms with Crippen molar-refractivity contribution in [2.24, 2.45) is 0 Å². The van der Waals surface area contributed by atoms with Crippen molar-refractivity contribution in [3.8, 4) is 0 Å². The molecule has 0 aliphatic carbocycles. The summed E-state index contributed by atoms with van der Waals surface area (Å²) in [4.78, 5) is 25.8. The van der Waals surface area contributed by atoms with Gasteiger partial charge in [-0.2, -0.15) is 0 Å².